The van der Waals surface area contributed by atoms with Crippen LogP contribution < -0.4 is 25.0 Å². The molecule has 0 amide bonds. The molecule has 2 heterocycles. The monoisotopic (exact) mass is 426 g/mol. The van der Waals surface area contributed by atoms with Crippen LogP contribution in [-0.2, 0) is 6.54 Å². The normalized spacial score (nSPS) is 16.0. The maximum Gasteiger partial charge on any atom is 0.191 e. The number of methoxy groups -OCH3 is 1. The third-order valence-corrected chi connectivity index (χ3v) is 5.28. The molecular weight excluding hydrogens is 392 g/mol. The van der Waals surface area contributed by atoms with E-state index in [9.17, 15) is 0 Å². The largest absolute Gasteiger partial charge is 0.497 e. The number of aromatic nitrogens is 1. The number of ether oxygens (including phenoxy) is 2. The Morgan fingerprint density at radius 3 is 2.65 bits per heavy atom. The average Bonchev–Trinajstić information content (AvgIpc) is 2.80. The summed E-state index contributed by atoms with van der Waals surface area (Å²) < 4.78 is 11.2. The van der Waals surface area contributed by atoms with E-state index in [-0.39, 0.29) is 6.10 Å². The first-order valence-corrected chi connectivity index (χ1v) is 10.7. The first-order chi connectivity index (χ1) is 15.1. The maximum absolute atomic E-state index is 5.98. The number of pyridine rings is 1. The van der Waals surface area contributed by atoms with Gasteiger partial charge in [-0.1, -0.05) is 12.1 Å². The number of nitrogens with zero attached hydrogens (tertiary/aromatic N) is 4. The fourth-order valence-electron chi connectivity index (χ4n) is 3.46. The Kier molecular flexibility index (Phi) is 8.35. The van der Waals surface area contributed by atoms with Gasteiger partial charge in [-0.05, 0) is 32.2 Å². The molecule has 0 radical (unpaired) electrons. The van der Waals surface area contributed by atoms with Crippen molar-refractivity contribution in [3.63, 3.8) is 0 Å². The second kappa shape index (κ2) is 11.4. The van der Waals surface area contributed by atoms with E-state index in [1.54, 1.807) is 14.2 Å². The molecule has 1 aromatic heterocycles. The minimum Gasteiger partial charge on any atom is -0.497 e. The molecule has 1 saturated heterocycles. The smallest absolute Gasteiger partial charge is 0.191 e. The van der Waals surface area contributed by atoms with E-state index >= 15 is 0 Å². The van der Waals surface area contributed by atoms with Crippen LogP contribution in [0.4, 0.5) is 5.82 Å². The molecule has 1 aliphatic rings. The van der Waals surface area contributed by atoms with Gasteiger partial charge in [0.1, 0.15) is 23.4 Å². The SMILES string of the molecule is CN=C(NCc1cccnc1N1CCN(C)CC1)NCC(C)Oc1cccc(OC)c1. The van der Waals surface area contributed by atoms with Gasteiger partial charge in [0.2, 0.25) is 0 Å². The molecule has 2 N–H and O–H groups in total. The van der Waals surface area contributed by atoms with Gasteiger partial charge >= 0.3 is 0 Å². The molecule has 1 atom stereocenters. The van der Waals surface area contributed by atoms with Crippen molar-refractivity contribution in [1.82, 2.24) is 20.5 Å². The summed E-state index contributed by atoms with van der Waals surface area (Å²) in [4.78, 5) is 13.7. The van der Waals surface area contributed by atoms with Crippen LogP contribution in [0.5, 0.6) is 11.5 Å². The zero-order chi connectivity index (χ0) is 22.1. The van der Waals surface area contributed by atoms with E-state index in [1.165, 1.54) is 0 Å². The lowest BCUT2D eigenvalue weighted by atomic mass is 10.2. The molecule has 1 unspecified atom stereocenters. The summed E-state index contributed by atoms with van der Waals surface area (Å²) >= 11 is 0. The van der Waals surface area contributed by atoms with Crippen LogP contribution in [0.3, 0.4) is 0 Å². The Morgan fingerprint density at radius 1 is 1.13 bits per heavy atom. The molecule has 8 heteroatoms. The van der Waals surface area contributed by atoms with Gasteiger partial charge in [0.05, 0.1) is 13.7 Å². The number of nitrogens with one attached hydrogen (secondary N) is 2. The maximum atomic E-state index is 5.98. The minimum absolute atomic E-state index is 0.0371. The predicted octanol–water partition coefficient (Wildman–Crippen LogP) is 1.97. The van der Waals surface area contributed by atoms with Gasteiger partial charge in [0.15, 0.2) is 5.96 Å². The van der Waals surface area contributed by atoms with Crippen molar-refractivity contribution in [2.45, 2.75) is 19.6 Å². The highest BCUT2D eigenvalue weighted by Crippen LogP contribution is 2.20. The van der Waals surface area contributed by atoms with Crippen LogP contribution in [-0.4, -0.2) is 75.9 Å². The minimum atomic E-state index is -0.0371. The van der Waals surface area contributed by atoms with Crippen LogP contribution in [0, 0.1) is 0 Å². The first-order valence-electron chi connectivity index (χ1n) is 10.7. The predicted molar refractivity (Wildman–Crippen MR) is 125 cm³/mol. The highest BCUT2D eigenvalue weighted by Gasteiger charge is 2.18. The fraction of sp³-hybridized carbons (Fsp3) is 0.478. The molecule has 3 rings (SSSR count). The van der Waals surface area contributed by atoms with E-state index in [2.05, 4.69) is 43.5 Å². The lowest BCUT2D eigenvalue weighted by Gasteiger charge is -2.34. The molecule has 31 heavy (non-hydrogen) atoms. The van der Waals surface area contributed by atoms with Gasteiger partial charge in [-0.15, -0.1) is 0 Å². The Morgan fingerprint density at radius 2 is 1.90 bits per heavy atom. The highest BCUT2D eigenvalue weighted by molar-refractivity contribution is 5.79. The molecule has 8 nitrogen and oxygen atoms in total. The quantitative estimate of drug-likeness (QED) is 0.494. The van der Waals surface area contributed by atoms with Crippen LogP contribution in [0.25, 0.3) is 0 Å². The zero-order valence-corrected chi connectivity index (χ0v) is 19.0. The summed E-state index contributed by atoms with van der Waals surface area (Å²) in [7, 11) is 5.58. The Balaban J connectivity index is 1.50. The third kappa shape index (κ3) is 6.75. The average molecular weight is 427 g/mol. The van der Waals surface area contributed by atoms with Crippen molar-refractivity contribution in [3.05, 3.63) is 48.2 Å². The molecule has 0 aliphatic carbocycles. The van der Waals surface area contributed by atoms with Crippen molar-refractivity contribution in [3.8, 4) is 11.5 Å². The standard InChI is InChI=1S/C23H34N6O2/c1-18(31-21-9-5-8-20(15-21)30-4)16-26-23(24-2)27-17-19-7-6-10-25-22(19)29-13-11-28(3)12-14-29/h5-10,15,18H,11-14,16-17H2,1-4H3,(H2,24,26,27). The van der Waals surface area contributed by atoms with Gasteiger partial charge in [-0.2, -0.15) is 0 Å². The lowest BCUT2D eigenvalue weighted by Crippen LogP contribution is -2.45. The van der Waals surface area contributed by atoms with Crippen molar-refractivity contribution >= 4 is 11.8 Å². The molecule has 2 aromatic rings. The van der Waals surface area contributed by atoms with E-state index < -0.39 is 0 Å². The molecular formula is C23H34N6O2. The molecule has 1 fully saturated rings. The molecule has 1 aromatic carbocycles. The van der Waals surface area contributed by atoms with E-state index in [4.69, 9.17) is 9.47 Å². The van der Waals surface area contributed by atoms with Crippen molar-refractivity contribution < 1.29 is 9.47 Å². The number of benzene rings is 1. The Hall–Kier alpha value is -3.00. The van der Waals surface area contributed by atoms with Crippen molar-refractivity contribution in [1.29, 1.82) is 0 Å². The molecule has 0 saturated carbocycles. The van der Waals surface area contributed by atoms with Crippen LogP contribution in [0.1, 0.15) is 12.5 Å². The molecule has 0 bridgehead atoms. The summed E-state index contributed by atoms with van der Waals surface area (Å²) in [6, 6.07) is 11.7. The van der Waals surface area contributed by atoms with Gasteiger partial charge < -0.3 is 29.9 Å². The fourth-order valence-corrected chi connectivity index (χ4v) is 3.46. The van der Waals surface area contributed by atoms with Gasteiger partial charge in [-0.3, -0.25) is 4.99 Å². The van der Waals surface area contributed by atoms with E-state index in [0.29, 0.717) is 13.1 Å². The summed E-state index contributed by atoms with van der Waals surface area (Å²) in [5.41, 5.74) is 1.16. The second-order valence-corrected chi connectivity index (χ2v) is 7.69. The second-order valence-electron chi connectivity index (χ2n) is 7.69. The van der Waals surface area contributed by atoms with Crippen LogP contribution >= 0.6 is 0 Å². The highest BCUT2D eigenvalue weighted by atomic mass is 16.5. The van der Waals surface area contributed by atoms with Gasteiger partial charge in [0.25, 0.3) is 0 Å². The molecule has 1 aliphatic heterocycles. The molecule has 168 valence electrons. The Bertz CT molecular complexity index is 851. The number of guanidine groups is 1. The summed E-state index contributed by atoms with van der Waals surface area (Å²) in [6.45, 7) is 7.39. The number of hydrogen-bond donors (Lipinski definition) is 2. The number of hydrogen-bond acceptors (Lipinski definition) is 6. The van der Waals surface area contributed by atoms with E-state index in [1.807, 2.05) is 43.5 Å². The number of anilines is 1. The Labute approximate surface area is 185 Å². The first kappa shape index (κ1) is 22.7. The summed E-state index contributed by atoms with van der Waals surface area (Å²) in [5.74, 6) is 3.34. The number of piperazine rings is 1. The number of rotatable bonds is 8. The third-order valence-electron chi connectivity index (χ3n) is 5.28. The topological polar surface area (TPSA) is 74.3 Å². The summed E-state index contributed by atoms with van der Waals surface area (Å²) in [6.07, 6.45) is 1.83. The lowest BCUT2D eigenvalue weighted by molar-refractivity contribution is 0.223. The number of aliphatic imine (C=N–C) groups is 1. The number of likely N-dealkylation sites (N-methyl/N-ethyl adjacent to an activating group) is 1. The van der Waals surface area contributed by atoms with Crippen LogP contribution in [0.15, 0.2) is 47.6 Å². The summed E-state index contributed by atoms with van der Waals surface area (Å²) in [5, 5.41) is 6.73. The zero-order valence-electron chi connectivity index (χ0n) is 19.0. The van der Waals surface area contributed by atoms with Crippen LogP contribution in [0.2, 0.25) is 0 Å². The van der Waals surface area contributed by atoms with Gasteiger partial charge in [-0.25, -0.2) is 4.98 Å². The van der Waals surface area contributed by atoms with Crippen molar-refractivity contribution in [2.24, 2.45) is 4.99 Å². The van der Waals surface area contributed by atoms with E-state index in [0.717, 1.165) is 55.0 Å². The molecule has 0 spiro atoms. The van der Waals surface area contributed by atoms with Gasteiger partial charge in [0, 0.05) is 57.6 Å². The van der Waals surface area contributed by atoms with Crippen molar-refractivity contribution in [2.75, 3.05) is 58.8 Å².